The lowest BCUT2D eigenvalue weighted by molar-refractivity contribution is 0.873. The van der Waals surface area contributed by atoms with Gasteiger partial charge >= 0.3 is 0 Å². The van der Waals surface area contributed by atoms with Gasteiger partial charge in [-0.25, -0.2) is 4.98 Å². The minimum Gasteiger partial charge on any atom is -0.382 e. The van der Waals surface area contributed by atoms with E-state index in [2.05, 4.69) is 26.2 Å². The quantitative estimate of drug-likeness (QED) is 0.648. The number of pyridine rings is 1. The number of nitrogens with two attached hydrogens (primary N) is 1. The molecule has 1 aromatic rings. The minimum atomic E-state index is 0.486. The zero-order valence-corrected chi connectivity index (χ0v) is 9.40. The molecule has 1 heterocycles. The maximum absolute atomic E-state index is 5.85. The molecule has 0 unspecified atom stereocenters. The van der Waals surface area contributed by atoms with Crippen LogP contribution in [0.1, 0.15) is 6.42 Å². The molecule has 3 nitrogen and oxygen atoms in total. The van der Waals surface area contributed by atoms with Crippen LogP contribution in [0.3, 0.4) is 0 Å². The maximum atomic E-state index is 5.85. The SMILES string of the molecule is NCCCNc1cc(Br)cnc1Cl. The van der Waals surface area contributed by atoms with Crippen LogP contribution in [0.5, 0.6) is 0 Å². The van der Waals surface area contributed by atoms with Crippen molar-refractivity contribution < 1.29 is 0 Å². The first-order valence-corrected chi connectivity index (χ1v) is 5.16. The van der Waals surface area contributed by atoms with Crippen LogP contribution >= 0.6 is 27.5 Å². The normalized spacial score (nSPS) is 10.1. The molecule has 0 bridgehead atoms. The van der Waals surface area contributed by atoms with Crippen LogP contribution in [0.4, 0.5) is 5.69 Å². The van der Waals surface area contributed by atoms with Crippen LogP contribution in [0.2, 0.25) is 5.15 Å². The highest BCUT2D eigenvalue weighted by Gasteiger charge is 2.00. The molecule has 0 saturated carbocycles. The van der Waals surface area contributed by atoms with Crippen molar-refractivity contribution in [2.45, 2.75) is 6.42 Å². The van der Waals surface area contributed by atoms with Crippen molar-refractivity contribution in [3.8, 4) is 0 Å². The van der Waals surface area contributed by atoms with E-state index in [4.69, 9.17) is 17.3 Å². The molecule has 0 amide bonds. The molecule has 0 aliphatic carbocycles. The molecule has 0 saturated heterocycles. The fourth-order valence-corrected chi connectivity index (χ4v) is 1.37. The Bertz CT molecular complexity index is 280. The third-order valence-electron chi connectivity index (χ3n) is 1.50. The Hall–Kier alpha value is -0.320. The third kappa shape index (κ3) is 3.50. The predicted octanol–water partition coefficient (Wildman–Crippen LogP) is 2.26. The minimum absolute atomic E-state index is 0.486. The zero-order chi connectivity index (χ0) is 9.68. The highest BCUT2D eigenvalue weighted by Crippen LogP contribution is 2.22. The van der Waals surface area contributed by atoms with E-state index in [1.165, 1.54) is 0 Å². The molecule has 5 heteroatoms. The molecule has 0 fully saturated rings. The average Bonchev–Trinajstić information content (AvgIpc) is 2.11. The number of hydrogen-bond donors (Lipinski definition) is 2. The van der Waals surface area contributed by atoms with Gasteiger partial charge in [-0.15, -0.1) is 0 Å². The summed E-state index contributed by atoms with van der Waals surface area (Å²) in [5, 5.41) is 3.64. The topological polar surface area (TPSA) is 50.9 Å². The Kier molecular flexibility index (Phi) is 4.48. The second kappa shape index (κ2) is 5.42. The van der Waals surface area contributed by atoms with E-state index in [0.29, 0.717) is 11.7 Å². The highest BCUT2D eigenvalue weighted by molar-refractivity contribution is 9.10. The summed E-state index contributed by atoms with van der Waals surface area (Å²) in [4.78, 5) is 3.98. The number of rotatable bonds is 4. The fourth-order valence-electron chi connectivity index (χ4n) is 0.872. The van der Waals surface area contributed by atoms with Crippen LogP contribution < -0.4 is 11.1 Å². The fraction of sp³-hybridized carbons (Fsp3) is 0.375. The van der Waals surface area contributed by atoms with Crippen molar-refractivity contribution in [3.05, 3.63) is 21.9 Å². The van der Waals surface area contributed by atoms with E-state index in [-0.39, 0.29) is 0 Å². The standard InChI is InChI=1S/C8H11BrClN3/c9-6-4-7(8(10)13-5-6)12-3-1-2-11/h4-5,12H,1-3,11H2. The van der Waals surface area contributed by atoms with Gasteiger partial charge in [-0.1, -0.05) is 11.6 Å². The van der Waals surface area contributed by atoms with E-state index in [0.717, 1.165) is 23.1 Å². The second-order valence-corrected chi connectivity index (χ2v) is 3.83. The molecule has 0 aliphatic heterocycles. The van der Waals surface area contributed by atoms with Gasteiger partial charge in [-0.05, 0) is 35.0 Å². The third-order valence-corrected chi connectivity index (χ3v) is 2.24. The molecule has 0 atom stereocenters. The van der Waals surface area contributed by atoms with Gasteiger partial charge in [-0.2, -0.15) is 0 Å². The van der Waals surface area contributed by atoms with E-state index in [9.17, 15) is 0 Å². The van der Waals surface area contributed by atoms with Crippen LogP contribution in [0.15, 0.2) is 16.7 Å². The molecule has 0 spiro atoms. The molecule has 1 rings (SSSR count). The first-order chi connectivity index (χ1) is 6.24. The van der Waals surface area contributed by atoms with Gasteiger partial charge in [0, 0.05) is 17.2 Å². The van der Waals surface area contributed by atoms with Crippen molar-refractivity contribution in [3.63, 3.8) is 0 Å². The van der Waals surface area contributed by atoms with Crippen molar-refractivity contribution in [2.75, 3.05) is 18.4 Å². The largest absolute Gasteiger partial charge is 0.382 e. The van der Waals surface area contributed by atoms with Gasteiger partial charge in [0.2, 0.25) is 0 Å². The van der Waals surface area contributed by atoms with Crippen LogP contribution in [-0.2, 0) is 0 Å². The number of anilines is 1. The van der Waals surface area contributed by atoms with E-state index >= 15 is 0 Å². The monoisotopic (exact) mass is 263 g/mol. The Morgan fingerprint density at radius 2 is 2.38 bits per heavy atom. The highest BCUT2D eigenvalue weighted by atomic mass is 79.9. The van der Waals surface area contributed by atoms with Gasteiger partial charge in [0.1, 0.15) is 0 Å². The maximum Gasteiger partial charge on any atom is 0.152 e. The molecule has 1 aromatic heterocycles. The Morgan fingerprint density at radius 3 is 3.08 bits per heavy atom. The summed E-state index contributed by atoms with van der Waals surface area (Å²) in [6.45, 7) is 1.49. The number of halogens is 2. The van der Waals surface area contributed by atoms with Crippen molar-refractivity contribution in [1.82, 2.24) is 4.98 Å². The Morgan fingerprint density at radius 1 is 1.62 bits per heavy atom. The number of nitrogens with one attached hydrogen (secondary N) is 1. The van der Waals surface area contributed by atoms with Gasteiger partial charge in [0.15, 0.2) is 5.15 Å². The number of nitrogens with zero attached hydrogens (tertiary/aromatic N) is 1. The Balaban J connectivity index is 2.59. The summed E-state index contributed by atoms with van der Waals surface area (Å²) >= 11 is 9.17. The molecule has 0 radical (unpaired) electrons. The molecular weight excluding hydrogens is 253 g/mol. The van der Waals surface area contributed by atoms with E-state index in [1.807, 2.05) is 6.07 Å². The van der Waals surface area contributed by atoms with Gasteiger partial charge in [-0.3, -0.25) is 0 Å². The van der Waals surface area contributed by atoms with Gasteiger partial charge in [0.25, 0.3) is 0 Å². The smallest absolute Gasteiger partial charge is 0.152 e. The summed E-state index contributed by atoms with van der Waals surface area (Å²) in [7, 11) is 0. The summed E-state index contributed by atoms with van der Waals surface area (Å²) in [6.07, 6.45) is 2.58. The summed E-state index contributed by atoms with van der Waals surface area (Å²) < 4.78 is 0.909. The molecule has 0 aromatic carbocycles. The van der Waals surface area contributed by atoms with Crippen molar-refractivity contribution >= 4 is 33.2 Å². The zero-order valence-electron chi connectivity index (χ0n) is 7.06. The second-order valence-electron chi connectivity index (χ2n) is 2.56. The van der Waals surface area contributed by atoms with E-state index < -0.39 is 0 Å². The number of aromatic nitrogens is 1. The van der Waals surface area contributed by atoms with Crippen LogP contribution in [0, 0.1) is 0 Å². The van der Waals surface area contributed by atoms with Gasteiger partial charge in [0.05, 0.1) is 5.69 Å². The number of hydrogen-bond acceptors (Lipinski definition) is 3. The van der Waals surface area contributed by atoms with E-state index in [1.54, 1.807) is 6.20 Å². The summed E-state index contributed by atoms with van der Waals surface area (Å²) in [5.74, 6) is 0. The molecule has 3 N–H and O–H groups in total. The van der Waals surface area contributed by atoms with Gasteiger partial charge < -0.3 is 11.1 Å². The van der Waals surface area contributed by atoms with Crippen LogP contribution in [-0.4, -0.2) is 18.1 Å². The lowest BCUT2D eigenvalue weighted by atomic mass is 10.4. The lowest BCUT2D eigenvalue weighted by Gasteiger charge is -2.06. The Labute approximate surface area is 90.8 Å². The summed E-state index contributed by atoms with van der Waals surface area (Å²) in [6, 6.07) is 1.89. The first kappa shape index (κ1) is 10.8. The average molecular weight is 265 g/mol. The molecule has 72 valence electrons. The molecular formula is C8H11BrClN3. The van der Waals surface area contributed by atoms with Crippen molar-refractivity contribution in [1.29, 1.82) is 0 Å². The first-order valence-electron chi connectivity index (χ1n) is 3.99. The molecule has 0 aliphatic rings. The van der Waals surface area contributed by atoms with Crippen LogP contribution in [0.25, 0.3) is 0 Å². The predicted molar refractivity (Wildman–Crippen MR) is 59.1 cm³/mol. The molecule has 13 heavy (non-hydrogen) atoms. The lowest BCUT2D eigenvalue weighted by Crippen LogP contribution is -2.08. The summed E-state index contributed by atoms with van der Waals surface area (Å²) in [5.41, 5.74) is 6.20. The van der Waals surface area contributed by atoms with Crippen molar-refractivity contribution in [2.24, 2.45) is 5.73 Å².